The highest BCUT2D eigenvalue weighted by Crippen LogP contribution is 2.29. The number of nitrogens with zero attached hydrogens (tertiary/aromatic N) is 2. The molecule has 2 aliphatic rings. The smallest absolute Gasteiger partial charge is 0.161 e. The minimum atomic E-state index is 0.268. The van der Waals surface area contributed by atoms with Gasteiger partial charge in [-0.2, -0.15) is 5.26 Å². The first-order chi connectivity index (χ1) is 12.8. The van der Waals surface area contributed by atoms with Crippen LogP contribution in [0.15, 0.2) is 18.2 Å². The summed E-state index contributed by atoms with van der Waals surface area (Å²) in [5.41, 5.74) is 1.15. The molecule has 1 aliphatic carbocycles. The van der Waals surface area contributed by atoms with E-state index in [0.717, 1.165) is 62.3 Å². The van der Waals surface area contributed by atoms with Gasteiger partial charge in [-0.15, -0.1) is 0 Å². The molecule has 6 nitrogen and oxygen atoms in total. The molecule has 0 radical (unpaired) electrons. The molecule has 0 aromatic heterocycles. The monoisotopic (exact) mass is 359 g/mol. The van der Waals surface area contributed by atoms with Crippen LogP contribution in [-0.2, 0) is 11.3 Å². The average Bonchev–Trinajstić information content (AvgIpc) is 3.51. The van der Waals surface area contributed by atoms with E-state index in [1.54, 1.807) is 7.11 Å². The summed E-state index contributed by atoms with van der Waals surface area (Å²) < 4.78 is 17.0. The first kappa shape index (κ1) is 19.0. The van der Waals surface area contributed by atoms with Crippen molar-refractivity contribution in [3.63, 3.8) is 0 Å². The quantitative estimate of drug-likeness (QED) is 0.647. The molecule has 1 saturated heterocycles. The van der Waals surface area contributed by atoms with Crippen LogP contribution in [0.5, 0.6) is 11.5 Å². The predicted molar refractivity (Wildman–Crippen MR) is 99.4 cm³/mol. The van der Waals surface area contributed by atoms with E-state index >= 15 is 0 Å². The van der Waals surface area contributed by atoms with Crippen molar-refractivity contribution >= 4 is 0 Å². The SMILES string of the molecule is COc1ccc(CNCC2CN(C3CC3)CCO2)cc1OCCCC#N. The number of morpholine rings is 1. The summed E-state index contributed by atoms with van der Waals surface area (Å²) >= 11 is 0. The van der Waals surface area contributed by atoms with E-state index in [-0.39, 0.29) is 6.10 Å². The molecular weight excluding hydrogens is 330 g/mol. The molecule has 0 spiro atoms. The fraction of sp³-hybridized carbons (Fsp3) is 0.650. The third-order valence-electron chi connectivity index (χ3n) is 4.85. The number of unbranched alkanes of at least 4 members (excludes halogenated alkanes) is 1. The second kappa shape index (κ2) is 9.77. The van der Waals surface area contributed by atoms with Crippen molar-refractivity contribution in [1.82, 2.24) is 10.2 Å². The number of nitrogens with one attached hydrogen (secondary N) is 1. The van der Waals surface area contributed by atoms with Crippen molar-refractivity contribution in [3.05, 3.63) is 23.8 Å². The minimum absolute atomic E-state index is 0.268. The Morgan fingerprint density at radius 3 is 3.00 bits per heavy atom. The highest BCUT2D eigenvalue weighted by atomic mass is 16.5. The lowest BCUT2D eigenvalue weighted by molar-refractivity contribution is -0.0301. The zero-order valence-corrected chi connectivity index (χ0v) is 15.6. The summed E-state index contributed by atoms with van der Waals surface area (Å²) in [6.45, 7) is 5.09. The maximum absolute atomic E-state index is 8.61. The van der Waals surface area contributed by atoms with E-state index in [0.29, 0.717) is 13.0 Å². The van der Waals surface area contributed by atoms with Gasteiger partial charge < -0.3 is 19.5 Å². The van der Waals surface area contributed by atoms with Crippen LogP contribution in [0.1, 0.15) is 31.2 Å². The highest BCUT2D eigenvalue weighted by Gasteiger charge is 2.32. The van der Waals surface area contributed by atoms with Gasteiger partial charge in [0.2, 0.25) is 0 Å². The van der Waals surface area contributed by atoms with Crippen LogP contribution in [-0.4, -0.2) is 57.0 Å². The third kappa shape index (κ3) is 5.60. The summed E-state index contributed by atoms with van der Waals surface area (Å²) in [6.07, 6.45) is 4.19. The maximum atomic E-state index is 8.61. The average molecular weight is 359 g/mol. The lowest BCUT2D eigenvalue weighted by atomic mass is 10.2. The molecule has 1 saturated carbocycles. The van der Waals surface area contributed by atoms with E-state index in [1.807, 2.05) is 18.2 Å². The van der Waals surface area contributed by atoms with E-state index in [4.69, 9.17) is 19.5 Å². The number of hydrogen-bond acceptors (Lipinski definition) is 6. The molecule has 2 fully saturated rings. The molecule has 26 heavy (non-hydrogen) atoms. The standard InChI is InChI=1S/C20H29N3O3/c1-24-19-7-4-16(12-20(19)26-10-3-2-8-21)13-22-14-18-15-23(9-11-25-18)17-5-6-17/h4,7,12,17-18,22H,2-3,5-6,9-11,13-15H2,1H3. The summed E-state index contributed by atoms with van der Waals surface area (Å²) in [5, 5.41) is 12.1. The van der Waals surface area contributed by atoms with Gasteiger partial charge in [0.1, 0.15) is 0 Å². The highest BCUT2D eigenvalue weighted by molar-refractivity contribution is 5.42. The molecule has 1 unspecified atom stereocenters. The van der Waals surface area contributed by atoms with E-state index in [2.05, 4.69) is 16.3 Å². The Kier molecular flexibility index (Phi) is 7.13. The minimum Gasteiger partial charge on any atom is -0.493 e. The summed E-state index contributed by atoms with van der Waals surface area (Å²) in [5.74, 6) is 1.46. The lowest BCUT2D eigenvalue weighted by Crippen LogP contribution is -2.47. The van der Waals surface area contributed by atoms with Crippen LogP contribution in [0.4, 0.5) is 0 Å². The van der Waals surface area contributed by atoms with Crippen molar-refractivity contribution in [2.24, 2.45) is 0 Å². The molecular formula is C20H29N3O3. The van der Waals surface area contributed by atoms with Crippen LogP contribution in [0.3, 0.4) is 0 Å². The number of hydrogen-bond donors (Lipinski definition) is 1. The molecule has 0 bridgehead atoms. The van der Waals surface area contributed by atoms with Gasteiger partial charge in [0.25, 0.3) is 0 Å². The van der Waals surface area contributed by atoms with E-state index in [9.17, 15) is 0 Å². The van der Waals surface area contributed by atoms with Crippen molar-refractivity contribution in [2.75, 3.05) is 40.0 Å². The predicted octanol–water partition coefficient (Wildman–Crippen LogP) is 2.33. The Labute approximate surface area is 156 Å². The van der Waals surface area contributed by atoms with Gasteiger partial charge in [-0.25, -0.2) is 0 Å². The van der Waals surface area contributed by atoms with Gasteiger partial charge in [0.05, 0.1) is 32.5 Å². The van der Waals surface area contributed by atoms with Gasteiger partial charge >= 0.3 is 0 Å². The Balaban J connectivity index is 1.45. The zero-order chi connectivity index (χ0) is 18.2. The molecule has 3 rings (SSSR count). The molecule has 6 heteroatoms. The lowest BCUT2D eigenvalue weighted by Gasteiger charge is -2.33. The first-order valence-corrected chi connectivity index (χ1v) is 9.53. The van der Waals surface area contributed by atoms with Gasteiger partial charge in [-0.05, 0) is 37.0 Å². The van der Waals surface area contributed by atoms with Crippen LogP contribution >= 0.6 is 0 Å². The number of ether oxygens (including phenoxy) is 3. The number of methoxy groups -OCH3 is 1. The van der Waals surface area contributed by atoms with E-state index in [1.165, 1.54) is 12.8 Å². The van der Waals surface area contributed by atoms with Gasteiger partial charge in [0, 0.05) is 38.6 Å². The van der Waals surface area contributed by atoms with Gasteiger partial charge in [-0.3, -0.25) is 4.90 Å². The first-order valence-electron chi connectivity index (χ1n) is 9.53. The second-order valence-corrected chi connectivity index (χ2v) is 6.95. The number of nitriles is 1. The molecule has 1 atom stereocenters. The molecule has 1 aromatic carbocycles. The van der Waals surface area contributed by atoms with Gasteiger partial charge in [0.15, 0.2) is 11.5 Å². The van der Waals surface area contributed by atoms with Crippen molar-refractivity contribution in [1.29, 1.82) is 5.26 Å². The summed E-state index contributed by atoms with van der Waals surface area (Å²) in [4.78, 5) is 2.57. The van der Waals surface area contributed by atoms with Crippen molar-refractivity contribution in [3.8, 4) is 17.6 Å². The summed E-state index contributed by atoms with van der Waals surface area (Å²) in [6, 6.07) is 8.93. The fourth-order valence-corrected chi connectivity index (χ4v) is 3.29. The van der Waals surface area contributed by atoms with Crippen LogP contribution in [0.2, 0.25) is 0 Å². The fourth-order valence-electron chi connectivity index (χ4n) is 3.29. The van der Waals surface area contributed by atoms with Gasteiger partial charge in [-0.1, -0.05) is 6.07 Å². The third-order valence-corrected chi connectivity index (χ3v) is 4.85. The normalized spacial score (nSPS) is 20.5. The molecule has 1 aliphatic heterocycles. The Morgan fingerprint density at radius 2 is 2.23 bits per heavy atom. The summed E-state index contributed by atoms with van der Waals surface area (Å²) in [7, 11) is 1.64. The zero-order valence-electron chi connectivity index (χ0n) is 15.6. The maximum Gasteiger partial charge on any atom is 0.161 e. The van der Waals surface area contributed by atoms with Crippen LogP contribution in [0.25, 0.3) is 0 Å². The topological polar surface area (TPSA) is 66.8 Å². The molecule has 1 aromatic rings. The van der Waals surface area contributed by atoms with E-state index < -0.39 is 0 Å². The van der Waals surface area contributed by atoms with Crippen LogP contribution < -0.4 is 14.8 Å². The Hall–Kier alpha value is -1.81. The number of benzene rings is 1. The van der Waals surface area contributed by atoms with Crippen molar-refractivity contribution in [2.45, 2.75) is 44.4 Å². The van der Waals surface area contributed by atoms with Crippen LogP contribution in [0, 0.1) is 11.3 Å². The molecule has 0 amide bonds. The molecule has 1 N–H and O–H groups in total. The molecule has 1 heterocycles. The Bertz CT molecular complexity index is 613. The molecule has 142 valence electrons. The Morgan fingerprint density at radius 1 is 1.35 bits per heavy atom. The second-order valence-electron chi connectivity index (χ2n) is 6.95. The largest absolute Gasteiger partial charge is 0.493 e. The number of rotatable bonds is 10. The van der Waals surface area contributed by atoms with Crippen molar-refractivity contribution < 1.29 is 14.2 Å².